The summed E-state index contributed by atoms with van der Waals surface area (Å²) >= 11 is 5.94. The van der Waals surface area contributed by atoms with Gasteiger partial charge in [0.25, 0.3) is 5.91 Å². The van der Waals surface area contributed by atoms with Crippen molar-refractivity contribution in [3.8, 4) is 5.75 Å². The molecule has 3 nitrogen and oxygen atoms in total. The SMILES string of the molecule is CC(NC(=O)C1=Cc2cc(Cl)ccc2OC1)c1ccc(F)c(F)c1. The van der Waals surface area contributed by atoms with E-state index >= 15 is 0 Å². The molecule has 0 aromatic heterocycles. The van der Waals surface area contributed by atoms with E-state index in [4.69, 9.17) is 16.3 Å². The first-order chi connectivity index (χ1) is 11.4. The van der Waals surface area contributed by atoms with Crippen LogP contribution < -0.4 is 10.1 Å². The molecule has 0 spiro atoms. The summed E-state index contributed by atoms with van der Waals surface area (Å²) in [5.41, 5.74) is 1.63. The molecule has 1 N–H and O–H groups in total. The van der Waals surface area contributed by atoms with E-state index in [1.807, 2.05) is 0 Å². The molecule has 1 atom stereocenters. The monoisotopic (exact) mass is 349 g/mol. The second-order valence-electron chi connectivity index (χ2n) is 5.51. The smallest absolute Gasteiger partial charge is 0.251 e. The lowest BCUT2D eigenvalue weighted by molar-refractivity contribution is -0.118. The Morgan fingerprint density at radius 3 is 2.75 bits per heavy atom. The molecule has 1 aliphatic heterocycles. The minimum Gasteiger partial charge on any atom is -0.488 e. The average molecular weight is 350 g/mol. The van der Waals surface area contributed by atoms with E-state index in [2.05, 4.69) is 5.32 Å². The van der Waals surface area contributed by atoms with Crippen molar-refractivity contribution in [2.75, 3.05) is 6.61 Å². The van der Waals surface area contributed by atoms with Gasteiger partial charge in [-0.05, 0) is 48.9 Å². The Bertz CT molecular complexity index is 836. The quantitative estimate of drug-likeness (QED) is 0.898. The van der Waals surface area contributed by atoms with E-state index in [0.29, 0.717) is 21.9 Å². The number of benzene rings is 2. The summed E-state index contributed by atoms with van der Waals surface area (Å²) in [6, 6.07) is 8.23. The predicted molar refractivity (Wildman–Crippen MR) is 87.8 cm³/mol. The van der Waals surface area contributed by atoms with Gasteiger partial charge in [0, 0.05) is 10.6 Å². The van der Waals surface area contributed by atoms with Gasteiger partial charge in [-0.1, -0.05) is 17.7 Å². The van der Waals surface area contributed by atoms with E-state index in [1.54, 1.807) is 31.2 Å². The molecule has 24 heavy (non-hydrogen) atoms. The molecule has 0 saturated carbocycles. The first-order valence-electron chi connectivity index (χ1n) is 7.33. The van der Waals surface area contributed by atoms with E-state index in [-0.39, 0.29) is 12.5 Å². The van der Waals surface area contributed by atoms with Crippen LogP contribution in [0, 0.1) is 11.6 Å². The molecule has 0 fully saturated rings. The van der Waals surface area contributed by atoms with Crippen molar-refractivity contribution in [2.45, 2.75) is 13.0 Å². The third-order valence-corrected chi connectivity index (χ3v) is 4.00. The van der Waals surface area contributed by atoms with Gasteiger partial charge in [-0.2, -0.15) is 0 Å². The summed E-state index contributed by atoms with van der Waals surface area (Å²) < 4.78 is 31.8. The minimum absolute atomic E-state index is 0.130. The molecule has 124 valence electrons. The van der Waals surface area contributed by atoms with E-state index in [0.717, 1.165) is 17.7 Å². The first kappa shape index (κ1) is 16.5. The summed E-state index contributed by atoms with van der Waals surface area (Å²) in [6.07, 6.45) is 1.71. The van der Waals surface area contributed by atoms with Crippen LogP contribution in [0.15, 0.2) is 42.0 Å². The van der Waals surface area contributed by atoms with Gasteiger partial charge in [-0.25, -0.2) is 8.78 Å². The van der Waals surface area contributed by atoms with Crippen molar-refractivity contribution in [2.24, 2.45) is 0 Å². The Morgan fingerprint density at radius 1 is 1.21 bits per heavy atom. The van der Waals surface area contributed by atoms with Crippen molar-refractivity contribution >= 4 is 23.6 Å². The van der Waals surface area contributed by atoms with Crippen molar-refractivity contribution in [3.63, 3.8) is 0 Å². The molecule has 0 saturated heterocycles. The van der Waals surface area contributed by atoms with Gasteiger partial charge >= 0.3 is 0 Å². The number of amides is 1. The van der Waals surface area contributed by atoms with Crippen LogP contribution in [0.1, 0.15) is 24.1 Å². The number of nitrogens with one attached hydrogen (secondary N) is 1. The Kier molecular flexibility index (Phi) is 4.53. The minimum atomic E-state index is -0.947. The molecule has 3 rings (SSSR count). The molecule has 2 aromatic carbocycles. The fourth-order valence-electron chi connectivity index (χ4n) is 2.43. The molecular formula is C18H14ClF2NO2. The Balaban J connectivity index is 1.76. The highest BCUT2D eigenvalue weighted by Gasteiger charge is 2.20. The van der Waals surface area contributed by atoms with E-state index in [1.165, 1.54) is 6.07 Å². The van der Waals surface area contributed by atoms with Gasteiger partial charge in [0.15, 0.2) is 11.6 Å². The maximum absolute atomic E-state index is 13.3. The number of carbonyl (C=O) groups excluding carboxylic acids is 1. The zero-order valence-electron chi connectivity index (χ0n) is 12.8. The maximum Gasteiger partial charge on any atom is 0.251 e. The van der Waals surface area contributed by atoms with Crippen LogP contribution in [0.3, 0.4) is 0 Å². The normalized spacial score (nSPS) is 14.2. The number of fused-ring (bicyclic) bond motifs is 1. The Labute approximate surface area is 142 Å². The Morgan fingerprint density at radius 2 is 2.00 bits per heavy atom. The lowest BCUT2D eigenvalue weighted by Crippen LogP contribution is -2.31. The highest BCUT2D eigenvalue weighted by atomic mass is 35.5. The zero-order chi connectivity index (χ0) is 17.3. The molecule has 2 aromatic rings. The summed E-state index contributed by atoms with van der Waals surface area (Å²) in [5.74, 6) is -1.55. The van der Waals surface area contributed by atoms with Gasteiger partial charge in [0.05, 0.1) is 11.6 Å². The fraction of sp³-hybridized carbons (Fsp3) is 0.167. The molecule has 1 unspecified atom stereocenters. The topological polar surface area (TPSA) is 38.3 Å². The molecule has 1 heterocycles. The molecule has 1 aliphatic rings. The number of hydrogen-bond acceptors (Lipinski definition) is 2. The summed E-state index contributed by atoms with van der Waals surface area (Å²) in [5, 5.41) is 3.30. The van der Waals surface area contributed by atoms with Gasteiger partial charge in [-0.15, -0.1) is 0 Å². The third-order valence-electron chi connectivity index (χ3n) is 3.77. The standard InChI is InChI=1S/C18H14ClF2NO2/c1-10(11-2-4-15(20)16(21)8-11)22-18(23)13-6-12-7-14(19)3-5-17(12)24-9-13/h2-8,10H,9H2,1H3,(H,22,23). The van der Waals surface area contributed by atoms with Crippen LogP contribution in [0.2, 0.25) is 5.02 Å². The lowest BCUT2D eigenvalue weighted by atomic mass is 10.0. The van der Waals surface area contributed by atoms with Crippen LogP contribution in [0.5, 0.6) is 5.75 Å². The van der Waals surface area contributed by atoms with Crippen LogP contribution >= 0.6 is 11.6 Å². The second kappa shape index (κ2) is 6.61. The molecule has 0 bridgehead atoms. The third kappa shape index (κ3) is 3.41. The predicted octanol–water partition coefficient (Wildman–Crippen LogP) is 4.27. The number of hydrogen-bond donors (Lipinski definition) is 1. The number of carbonyl (C=O) groups is 1. The Hall–Kier alpha value is -2.40. The van der Waals surface area contributed by atoms with Gasteiger partial charge in [-0.3, -0.25) is 4.79 Å². The van der Waals surface area contributed by atoms with Gasteiger partial charge in [0.1, 0.15) is 12.4 Å². The fourth-order valence-corrected chi connectivity index (χ4v) is 2.61. The summed E-state index contributed by atoms with van der Waals surface area (Å²) in [7, 11) is 0. The largest absolute Gasteiger partial charge is 0.488 e. The summed E-state index contributed by atoms with van der Waals surface area (Å²) in [6.45, 7) is 1.82. The van der Waals surface area contributed by atoms with Crippen molar-refractivity contribution in [3.05, 3.63) is 69.8 Å². The average Bonchev–Trinajstić information content (AvgIpc) is 2.56. The van der Waals surface area contributed by atoms with Crippen molar-refractivity contribution < 1.29 is 18.3 Å². The lowest BCUT2D eigenvalue weighted by Gasteiger charge is -2.20. The van der Waals surface area contributed by atoms with Crippen LogP contribution in [0.4, 0.5) is 8.78 Å². The van der Waals surface area contributed by atoms with Crippen LogP contribution in [0.25, 0.3) is 6.08 Å². The van der Waals surface area contributed by atoms with E-state index in [9.17, 15) is 13.6 Å². The van der Waals surface area contributed by atoms with Crippen LogP contribution in [-0.4, -0.2) is 12.5 Å². The highest BCUT2D eigenvalue weighted by molar-refractivity contribution is 6.30. The molecule has 6 heteroatoms. The maximum atomic E-state index is 13.3. The summed E-state index contributed by atoms with van der Waals surface area (Å²) in [4.78, 5) is 12.4. The van der Waals surface area contributed by atoms with Crippen LogP contribution in [-0.2, 0) is 4.79 Å². The molecule has 0 aliphatic carbocycles. The molecule has 0 radical (unpaired) electrons. The van der Waals surface area contributed by atoms with Crippen molar-refractivity contribution in [1.29, 1.82) is 0 Å². The second-order valence-corrected chi connectivity index (χ2v) is 5.95. The van der Waals surface area contributed by atoms with Gasteiger partial charge < -0.3 is 10.1 Å². The van der Waals surface area contributed by atoms with Gasteiger partial charge in [0.2, 0.25) is 0 Å². The highest BCUT2D eigenvalue weighted by Crippen LogP contribution is 2.29. The molecular weight excluding hydrogens is 336 g/mol. The number of rotatable bonds is 3. The van der Waals surface area contributed by atoms with Crippen molar-refractivity contribution in [1.82, 2.24) is 5.32 Å². The number of ether oxygens (including phenoxy) is 1. The first-order valence-corrected chi connectivity index (χ1v) is 7.70. The van der Waals surface area contributed by atoms with E-state index < -0.39 is 17.7 Å². The molecule has 1 amide bonds. The zero-order valence-corrected chi connectivity index (χ0v) is 13.5. The number of halogens is 3.